The van der Waals surface area contributed by atoms with E-state index in [1.165, 1.54) is 276 Å². The SMILES string of the molecule is CCCCCCC/C=C\C/C=C\C/C=C\CCCCCCCCCCCCCCCCCCCCCCCCCCCCC(=O)OC(COC(=O)CCCCCCCCCCC/C=C\C/C=C\CCCCCCC)COP(=O)([O-])OCC[N+](C)(C)C. The Hall–Kier alpha value is -2.29. The van der Waals surface area contributed by atoms with Crippen LogP contribution in [0.15, 0.2) is 60.8 Å². The minimum atomic E-state index is -4.64. The van der Waals surface area contributed by atoms with Crippen molar-refractivity contribution in [2.75, 3.05) is 47.5 Å². The number of hydrogen-bond donors (Lipinski definition) is 0. The summed E-state index contributed by atoms with van der Waals surface area (Å²) < 4.78 is 34.3. The van der Waals surface area contributed by atoms with Gasteiger partial charge in [-0.2, -0.15) is 0 Å². The molecule has 504 valence electrons. The summed E-state index contributed by atoms with van der Waals surface area (Å²) in [7, 11) is 1.18. The first kappa shape index (κ1) is 83.7. The highest BCUT2D eigenvalue weighted by molar-refractivity contribution is 7.45. The second kappa shape index (κ2) is 67.1. The Kier molecular flexibility index (Phi) is 65.3. The van der Waals surface area contributed by atoms with E-state index < -0.39 is 26.5 Å². The zero-order chi connectivity index (χ0) is 62.6. The number of hydrogen-bond acceptors (Lipinski definition) is 8. The Labute approximate surface area is 534 Å². The van der Waals surface area contributed by atoms with Crippen LogP contribution in [0.4, 0.5) is 0 Å². The molecule has 0 aliphatic carbocycles. The van der Waals surface area contributed by atoms with Gasteiger partial charge in [-0.1, -0.05) is 325 Å². The molecular formula is C76H142NO8P. The van der Waals surface area contributed by atoms with E-state index in [0.717, 1.165) is 51.4 Å². The van der Waals surface area contributed by atoms with Crippen molar-refractivity contribution in [2.24, 2.45) is 0 Å². The van der Waals surface area contributed by atoms with Crippen LogP contribution < -0.4 is 4.89 Å². The number of rotatable bonds is 69. The van der Waals surface area contributed by atoms with E-state index in [1.807, 2.05) is 21.1 Å². The fourth-order valence-corrected chi connectivity index (χ4v) is 11.5. The van der Waals surface area contributed by atoms with Crippen molar-refractivity contribution < 1.29 is 42.1 Å². The summed E-state index contributed by atoms with van der Waals surface area (Å²) in [6.07, 6.45) is 89.0. The van der Waals surface area contributed by atoms with E-state index in [2.05, 4.69) is 74.6 Å². The predicted octanol–water partition coefficient (Wildman–Crippen LogP) is 23.5. The van der Waals surface area contributed by atoms with Gasteiger partial charge in [0.25, 0.3) is 7.82 Å². The van der Waals surface area contributed by atoms with Crippen molar-refractivity contribution in [1.82, 2.24) is 0 Å². The van der Waals surface area contributed by atoms with Crippen LogP contribution in [0, 0.1) is 0 Å². The Morgan fingerprint density at radius 3 is 0.930 bits per heavy atom. The number of quaternary nitrogens is 1. The highest BCUT2D eigenvalue weighted by Gasteiger charge is 2.22. The summed E-state index contributed by atoms with van der Waals surface area (Å²) in [5.41, 5.74) is 0. The van der Waals surface area contributed by atoms with Gasteiger partial charge in [-0.05, 0) is 83.5 Å². The summed E-state index contributed by atoms with van der Waals surface area (Å²) >= 11 is 0. The lowest BCUT2D eigenvalue weighted by atomic mass is 10.0. The maximum atomic E-state index is 12.9. The number of likely N-dealkylation sites (N-methyl/N-ethyl adjacent to an activating group) is 1. The van der Waals surface area contributed by atoms with Gasteiger partial charge in [0.15, 0.2) is 6.10 Å². The van der Waals surface area contributed by atoms with Crippen LogP contribution in [-0.2, 0) is 32.7 Å². The summed E-state index contributed by atoms with van der Waals surface area (Å²) in [6, 6.07) is 0. The van der Waals surface area contributed by atoms with Gasteiger partial charge < -0.3 is 27.9 Å². The molecule has 0 amide bonds. The lowest BCUT2D eigenvalue weighted by Crippen LogP contribution is -2.37. The molecule has 0 aliphatic rings. The fraction of sp³-hybridized carbons (Fsp3) is 0.842. The highest BCUT2D eigenvalue weighted by Crippen LogP contribution is 2.38. The van der Waals surface area contributed by atoms with Crippen LogP contribution in [0.1, 0.15) is 361 Å². The van der Waals surface area contributed by atoms with E-state index in [1.54, 1.807) is 0 Å². The quantitative estimate of drug-likeness (QED) is 0.0195. The smallest absolute Gasteiger partial charge is 0.306 e. The number of carbonyl (C=O) groups is 2. The van der Waals surface area contributed by atoms with Crippen molar-refractivity contribution in [3.63, 3.8) is 0 Å². The maximum absolute atomic E-state index is 12.9. The lowest BCUT2D eigenvalue weighted by Gasteiger charge is -2.28. The molecule has 0 aromatic rings. The second-order valence-corrected chi connectivity index (χ2v) is 27.7. The molecule has 0 saturated carbocycles. The number of allylic oxidation sites excluding steroid dienone is 10. The average molecular weight is 1230 g/mol. The van der Waals surface area contributed by atoms with Crippen LogP contribution in [0.2, 0.25) is 0 Å². The standard InChI is InChI=1S/C76H142NO8P/c1-6-8-10-12-14-16-18-20-22-24-26-28-29-30-31-32-33-34-35-36-37-38-39-40-41-42-43-44-45-46-47-49-51-53-55-57-59-61-63-65-67-69-76(79)85-74(73-84-86(80,81)83-71-70-77(3,4)5)72-82-75(78)68-66-64-62-60-58-56-54-52-50-48-27-25-23-21-19-17-15-13-11-9-7-2/h18-21,24-27,29-30,74H,6-17,22-23,28,31-73H2,1-5H3/b20-18-,21-19-,26-24-,27-25-,30-29-. The monoisotopic (exact) mass is 1230 g/mol. The van der Waals surface area contributed by atoms with Gasteiger partial charge in [0.1, 0.15) is 19.8 Å². The first-order valence-corrected chi connectivity index (χ1v) is 38.5. The van der Waals surface area contributed by atoms with E-state index in [0.29, 0.717) is 17.4 Å². The average Bonchev–Trinajstić information content (AvgIpc) is 3.70. The molecule has 10 heteroatoms. The summed E-state index contributed by atoms with van der Waals surface area (Å²) in [5, 5.41) is 0. The molecule has 0 saturated heterocycles. The molecule has 0 bridgehead atoms. The molecule has 0 aliphatic heterocycles. The van der Waals surface area contributed by atoms with Crippen molar-refractivity contribution in [2.45, 2.75) is 367 Å². The minimum Gasteiger partial charge on any atom is -0.756 e. The number of carbonyl (C=O) groups excluding carboxylic acids is 2. The van der Waals surface area contributed by atoms with Crippen LogP contribution in [-0.4, -0.2) is 70.0 Å². The molecule has 9 nitrogen and oxygen atoms in total. The van der Waals surface area contributed by atoms with Gasteiger partial charge in [0, 0.05) is 12.8 Å². The number of phosphoric ester groups is 1. The third kappa shape index (κ3) is 70.8. The van der Waals surface area contributed by atoms with E-state index in [9.17, 15) is 19.0 Å². The molecule has 2 atom stereocenters. The maximum Gasteiger partial charge on any atom is 0.306 e. The van der Waals surface area contributed by atoms with Crippen molar-refractivity contribution in [3.8, 4) is 0 Å². The largest absolute Gasteiger partial charge is 0.756 e. The number of nitrogens with zero attached hydrogens (tertiary/aromatic N) is 1. The van der Waals surface area contributed by atoms with Gasteiger partial charge in [0.2, 0.25) is 0 Å². The van der Waals surface area contributed by atoms with Gasteiger partial charge in [-0.25, -0.2) is 0 Å². The summed E-state index contributed by atoms with van der Waals surface area (Å²) in [4.78, 5) is 38.0. The van der Waals surface area contributed by atoms with Crippen LogP contribution in [0.25, 0.3) is 0 Å². The number of unbranched alkanes of at least 4 members (excludes halogenated alkanes) is 45. The normalized spacial score (nSPS) is 13.4. The second-order valence-electron chi connectivity index (χ2n) is 26.3. The van der Waals surface area contributed by atoms with E-state index in [-0.39, 0.29) is 32.0 Å². The lowest BCUT2D eigenvalue weighted by molar-refractivity contribution is -0.870. The molecule has 0 aromatic carbocycles. The summed E-state index contributed by atoms with van der Waals surface area (Å²) in [6.45, 7) is 4.26. The topological polar surface area (TPSA) is 111 Å². The third-order valence-corrected chi connectivity index (χ3v) is 17.5. The number of ether oxygens (including phenoxy) is 2. The van der Waals surface area contributed by atoms with Crippen LogP contribution in [0.5, 0.6) is 0 Å². The number of esters is 2. The first-order chi connectivity index (χ1) is 42.0. The molecule has 0 spiro atoms. The Bertz CT molecular complexity index is 1630. The molecule has 0 fully saturated rings. The van der Waals surface area contributed by atoms with Gasteiger partial charge in [-0.15, -0.1) is 0 Å². The fourth-order valence-electron chi connectivity index (χ4n) is 10.8. The molecule has 0 heterocycles. The Morgan fingerprint density at radius 1 is 0.360 bits per heavy atom. The zero-order valence-electron chi connectivity index (χ0n) is 57.5. The van der Waals surface area contributed by atoms with Gasteiger partial charge in [-0.3, -0.25) is 14.2 Å². The molecule has 2 unspecified atom stereocenters. The third-order valence-electron chi connectivity index (χ3n) is 16.5. The van der Waals surface area contributed by atoms with E-state index >= 15 is 0 Å². The van der Waals surface area contributed by atoms with Crippen molar-refractivity contribution in [3.05, 3.63) is 60.8 Å². The molecule has 0 radical (unpaired) electrons. The minimum absolute atomic E-state index is 0.0305. The molecule has 86 heavy (non-hydrogen) atoms. The molecule has 0 aromatic heterocycles. The van der Waals surface area contributed by atoms with E-state index in [4.69, 9.17) is 18.5 Å². The zero-order valence-corrected chi connectivity index (χ0v) is 58.4. The van der Waals surface area contributed by atoms with Crippen molar-refractivity contribution >= 4 is 19.8 Å². The first-order valence-electron chi connectivity index (χ1n) is 37.0. The highest BCUT2D eigenvalue weighted by atomic mass is 31.2. The predicted molar refractivity (Wildman–Crippen MR) is 370 cm³/mol. The molecule has 0 rings (SSSR count). The summed E-state index contributed by atoms with van der Waals surface area (Å²) in [5.74, 6) is -0.822. The Balaban J connectivity index is 3.90. The van der Waals surface area contributed by atoms with Gasteiger partial charge in [0.05, 0.1) is 27.7 Å². The number of phosphoric acid groups is 1. The molecule has 0 N–H and O–H groups in total. The Morgan fingerprint density at radius 2 is 0.628 bits per heavy atom. The van der Waals surface area contributed by atoms with Gasteiger partial charge >= 0.3 is 11.9 Å². The van der Waals surface area contributed by atoms with Crippen LogP contribution in [0.3, 0.4) is 0 Å². The molecular weight excluding hydrogens is 1090 g/mol. The van der Waals surface area contributed by atoms with Crippen LogP contribution >= 0.6 is 7.82 Å². The van der Waals surface area contributed by atoms with Crippen molar-refractivity contribution in [1.29, 1.82) is 0 Å².